The molecule has 0 bridgehead atoms. The number of aryl methyl sites for hydroxylation is 1. The van der Waals surface area contributed by atoms with Crippen molar-refractivity contribution < 1.29 is 14.7 Å². The monoisotopic (exact) mass is 442 g/mol. The van der Waals surface area contributed by atoms with E-state index in [1.54, 1.807) is 7.11 Å². The number of nitrogens with zero attached hydrogens (tertiary/aromatic N) is 2. The summed E-state index contributed by atoms with van der Waals surface area (Å²) in [6.45, 7) is 4.43. The van der Waals surface area contributed by atoms with Crippen LogP contribution in [0.5, 0.6) is 11.5 Å². The molecule has 170 valence electrons. The smallest absolute Gasteiger partial charge is 0.161 e. The van der Waals surface area contributed by atoms with Crippen molar-refractivity contribution in [2.45, 2.75) is 38.3 Å². The van der Waals surface area contributed by atoms with E-state index < -0.39 is 0 Å². The van der Waals surface area contributed by atoms with E-state index in [1.165, 1.54) is 22.3 Å². The fraction of sp³-hybridized carbons (Fsp3) is 0.321. The molecule has 0 aliphatic carbocycles. The van der Waals surface area contributed by atoms with Crippen LogP contribution in [0.3, 0.4) is 0 Å². The van der Waals surface area contributed by atoms with Crippen molar-refractivity contribution in [2.24, 2.45) is 5.16 Å². The number of benzene rings is 3. The van der Waals surface area contributed by atoms with E-state index in [-0.39, 0.29) is 12.0 Å². The van der Waals surface area contributed by atoms with Gasteiger partial charge in [0.2, 0.25) is 0 Å². The Balaban J connectivity index is 1.41. The molecule has 1 fully saturated rings. The first-order valence-electron chi connectivity index (χ1n) is 11.5. The molecule has 3 aromatic rings. The molecule has 2 aliphatic rings. The van der Waals surface area contributed by atoms with Gasteiger partial charge in [0.05, 0.1) is 12.8 Å². The van der Waals surface area contributed by atoms with Gasteiger partial charge in [-0.05, 0) is 47.7 Å². The zero-order valence-corrected chi connectivity index (χ0v) is 19.2. The Labute approximate surface area is 195 Å². The van der Waals surface area contributed by atoms with Gasteiger partial charge in [0.1, 0.15) is 6.61 Å². The maximum Gasteiger partial charge on any atom is 0.161 e. The lowest BCUT2D eigenvalue weighted by molar-refractivity contribution is 0.166. The molecule has 0 spiro atoms. The predicted molar refractivity (Wildman–Crippen MR) is 130 cm³/mol. The summed E-state index contributed by atoms with van der Waals surface area (Å²) in [5.74, 6) is 1.64. The van der Waals surface area contributed by atoms with Gasteiger partial charge in [-0.25, -0.2) is 0 Å². The molecule has 0 radical (unpaired) electrons. The van der Waals surface area contributed by atoms with Crippen molar-refractivity contribution in [3.63, 3.8) is 0 Å². The molecule has 0 aromatic heterocycles. The van der Waals surface area contributed by atoms with Crippen molar-refractivity contribution in [3.05, 3.63) is 94.5 Å². The molecule has 2 aliphatic heterocycles. The summed E-state index contributed by atoms with van der Waals surface area (Å²) in [5.41, 5.74) is 6.94. The molecule has 0 saturated carbocycles. The van der Waals surface area contributed by atoms with E-state index in [4.69, 9.17) is 9.47 Å². The summed E-state index contributed by atoms with van der Waals surface area (Å²) in [4.78, 5) is 2.52. The maximum atomic E-state index is 9.88. The highest BCUT2D eigenvalue weighted by molar-refractivity contribution is 5.92. The molecule has 1 N–H and O–H groups in total. The third-order valence-electron chi connectivity index (χ3n) is 6.93. The SMILES string of the molecule is COc1cc2c(cc1OCc1ccccc1)CCN1C[C@@H](c3cccc(C)c3)/C(=N\O)C[C@H]21. The van der Waals surface area contributed by atoms with E-state index >= 15 is 0 Å². The minimum Gasteiger partial charge on any atom is -0.493 e. The van der Waals surface area contributed by atoms with Gasteiger partial charge in [-0.2, -0.15) is 0 Å². The topological polar surface area (TPSA) is 54.3 Å². The lowest BCUT2D eigenvalue weighted by atomic mass is 9.79. The largest absolute Gasteiger partial charge is 0.493 e. The van der Waals surface area contributed by atoms with E-state index in [2.05, 4.69) is 65.5 Å². The van der Waals surface area contributed by atoms with Crippen molar-refractivity contribution in [1.82, 2.24) is 4.90 Å². The number of fused-ring (bicyclic) bond motifs is 3. The first-order valence-corrected chi connectivity index (χ1v) is 11.5. The molecule has 2 atom stereocenters. The van der Waals surface area contributed by atoms with Crippen molar-refractivity contribution in [3.8, 4) is 11.5 Å². The molecule has 0 unspecified atom stereocenters. The zero-order valence-electron chi connectivity index (χ0n) is 19.2. The zero-order chi connectivity index (χ0) is 22.8. The Morgan fingerprint density at radius 2 is 1.88 bits per heavy atom. The number of hydrogen-bond donors (Lipinski definition) is 1. The lowest BCUT2D eigenvalue weighted by Crippen LogP contribution is -2.45. The average molecular weight is 443 g/mol. The quantitative estimate of drug-likeness (QED) is 0.419. The highest BCUT2D eigenvalue weighted by Crippen LogP contribution is 2.44. The number of hydrogen-bond acceptors (Lipinski definition) is 5. The Kier molecular flexibility index (Phi) is 6.05. The van der Waals surface area contributed by atoms with Gasteiger partial charge in [-0.3, -0.25) is 4.90 Å². The maximum absolute atomic E-state index is 9.88. The van der Waals surface area contributed by atoms with Crippen LogP contribution in [-0.4, -0.2) is 36.0 Å². The minimum absolute atomic E-state index is 0.114. The average Bonchev–Trinajstić information content (AvgIpc) is 2.86. The molecule has 5 nitrogen and oxygen atoms in total. The van der Waals surface area contributed by atoms with Crippen LogP contribution in [0, 0.1) is 6.92 Å². The van der Waals surface area contributed by atoms with E-state index in [1.807, 2.05) is 18.2 Å². The fourth-order valence-corrected chi connectivity index (χ4v) is 5.20. The molecule has 2 heterocycles. The Morgan fingerprint density at radius 1 is 1.03 bits per heavy atom. The molecule has 33 heavy (non-hydrogen) atoms. The van der Waals surface area contributed by atoms with Crippen LogP contribution in [0.15, 0.2) is 71.9 Å². The highest BCUT2D eigenvalue weighted by Gasteiger charge is 2.38. The van der Waals surface area contributed by atoms with Gasteiger partial charge >= 0.3 is 0 Å². The molecular weight excluding hydrogens is 412 g/mol. The standard InChI is InChI=1S/C28H30N2O3/c1-19-7-6-10-21(13-19)24-17-30-12-11-22-14-28(33-18-20-8-4-3-5-9-20)27(32-2)15-23(22)26(30)16-25(24)29-31/h3-10,13-15,24,26,31H,11-12,16-18H2,1-2H3/b29-25-/t24-,26+/m0/s1. The van der Waals surface area contributed by atoms with Crippen molar-refractivity contribution >= 4 is 5.71 Å². The first-order chi connectivity index (χ1) is 16.2. The highest BCUT2D eigenvalue weighted by atomic mass is 16.5. The summed E-state index contributed by atoms with van der Waals surface area (Å²) < 4.78 is 11.9. The van der Waals surface area contributed by atoms with E-state index in [0.717, 1.165) is 42.3 Å². The van der Waals surface area contributed by atoms with Gasteiger partial charge in [0, 0.05) is 31.5 Å². The Bertz CT molecular complexity index is 1160. The number of oxime groups is 1. The van der Waals surface area contributed by atoms with Crippen LogP contribution in [0.25, 0.3) is 0 Å². The third-order valence-corrected chi connectivity index (χ3v) is 6.93. The molecule has 1 saturated heterocycles. The number of methoxy groups -OCH3 is 1. The number of ether oxygens (including phenoxy) is 2. The summed E-state index contributed by atoms with van der Waals surface area (Å²) in [7, 11) is 1.69. The first kappa shape index (κ1) is 21.5. The van der Waals surface area contributed by atoms with Gasteiger partial charge < -0.3 is 14.7 Å². The van der Waals surface area contributed by atoms with Gasteiger partial charge in [0.15, 0.2) is 11.5 Å². The van der Waals surface area contributed by atoms with Gasteiger partial charge in [-0.1, -0.05) is 65.3 Å². The number of piperidine rings is 1. The van der Waals surface area contributed by atoms with Crippen molar-refractivity contribution in [2.75, 3.05) is 20.2 Å². The lowest BCUT2D eigenvalue weighted by Gasteiger charge is -2.44. The summed E-state index contributed by atoms with van der Waals surface area (Å²) >= 11 is 0. The second-order valence-electron chi connectivity index (χ2n) is 9.00. The summed E-state index contributed by atoms with van der Waals surface area (Å²) in [5, 5.41) is 13.6. The second kappa shape index (κ2) is 9.28. The van der Waals surface area contributed by atoms with E-state index in [0.29, 0.717) is 13.0 Å². The van der Waals surface area contributed by atoms with Gasteiger partial charge in [0.25, 0.3) is 0 Å². The van der Waals surface area contributed by atoms with Crippen LogP contribution in [0.1, 0.15) is 46.2 Å². The predicted octanol–water partition coefficient (Wildman–Crippen LogP) is 5.50. The van der Waals surface area contributed by atoms with Crippen molar-refractivity contribution in [1.29, 1.82) is 0 Å². The van der Waals surface area contributed by atoms with E-state index in [9.17, 15) is 5.21 Å². The van der Waals surface area contributed by atoms with Gasteiger partial charge in [-0.15, -0.1) is 0 Å². The van der Waals surface area contributed by atoms with Crippen LogP contribution < -0.4 is 9.47 Å². The molecular formula is C28H30N2O3. The fourth-order valence-electron chi connectivity index (χ4n) is 5.20. The normalized spacial score (nSPS) is 21.3. The van der Waals surface area contributed by atoms with Crippen LogP contribution in [0.4, 0.5) is 0 Å². The molecule has 5 heteroatoms. The summed E-state index contributed by atoms with van der Waals surface area (Å²) in [6.07, 6.45) is 1.67. The summed E-state index contributed by atoms with van der Waals surface area (Å²) in [6, 6.07) is 23.1. The Hall–Kier alpha value is -3.31. The molecule has 3 aromatic carbocycles. The molecule has 5 rings (SSSR count). The minimum atomic E-state index is 0.114. The third kappa shape index (κ3) is 4.33. The number of rotatable bonds is 5. The second-order valence-corrected chi connectivity index (χ2v) is 9.00. The van der Waals surface area contributed by atoms with Crippen LogP contribution in [-0.2, 0) is 13.0 Å². The molecule has 0 amide bonds. The van der Waals surface area contributed by atoms with Crippen LogP contribution >= 0.6 is 0 Å². The van der Waals surface area contributed by atoms with Crippen LogP contribution in [0.2, 0.25) is 0 Å². The Morgan fingerprint density at radius 3 is 2.64 bits per heavy atom.